The molecular weight excluding hydrogens is 490 g/mol. The molecule has 0 aliphatic heterocycles. The predicted octanol–water partition coefficient (Wildman–Crippen LogP) is 6.67. The average Bonchev–Trinajstić information content (AvgIpc) is 3.44. The Kier molecular flexibility index (Phi) is 8.37. The van der Waals surface area contributed by atoms with Gasteiger partial charge in [0.25, 0.3) is 0 Å². The van der Waals surface area contributed by atoms with E-state index < -0.39 is 0 Å². The number of carbonyl (C=O) groups is 1. The Balaban J connectivity index is 1.42. The van der Waals surface area contributed by atoms with Crippen molar-refractivity contribution in [2.24, 2.45) is 0 Å². The third-order valence-corrected chi connectivity index (χ3v) is 8.45. The van der Waals surface area contributed by atoms with Crippen LogP contribution in [0.1, 0.15) is 92.9 Å². The van der Waals surface area contributed by atoms with Gasteiger partial charge < -0.3 is 14.6 Å². The summed E-state index contributed by atoms with van der Waals surface area (Å²) in [5.41, 5.74) is 3.02. The quantitative estimate of drug-likeness (QED) is 0.315. The fourth-order valence-electron chi connectivity index (χ4n) is 4.40. The minimum Gasteiger partial charge on any atom is -0.483 e. The predicted molar refractivity (Wildman–Crippen MR) is 145 cm³/mol. The van der Waals surface area contributed by atoms with Gasteiger partial charge in [0.05, 0.1) is 11.3 Å². The summed E-state index contributed by atoms with van der Waals surface area (Å²) < 4.78 is 8.19. The zero-order valence-corrected chi connectivity index (χ0v) is 23.1. The first-order valence-corrected chi connectivity index (χ1v) is 14.3. The molecule has 0 saturated heterocycles. The number of nitrogens with one attached hydrogen (secondary N) is 1. The van der Waals surface area contributed by atoms with Crippen molar-refractivity contribution in [1.29, 1.82) is 5.26 Å². The number of amides is 1. The van der Waals surface area contributed by atoms with E-state index in [0.717, 1.165) is 42.8 Å². The number of thiophene rings is 1. The van der Waals surface area contributed by atoms with Crippen LogP contribution in [-0.4, -0.2) is 26.4 Å². The molecule has 9 heteroatoms. The van der Waals surface area contributed by atoms with Gasteiger partial charge in [0.2, 0.25) is 5.91 Å². The molecule has 3 aromatic rings. The van der Waals surface area contributed by atoms with E-state index in [-0.39, 0.29) is 23.8 Å². The maximum Gasteiger partial charge on any atom is 0.235 e. The smallest absolute Gasteiger partial charge is 0.235 e. The lowest BCUT2D eigenvalue weighted by Gasteiger charge is -2.19. The second-order valence-corrected chi connectivity index (χ2v) is 11.7. The Hall–Kier alpha value is -2.83. The molecule has 0 bridgehead atoms. The van der Waals surface area contributed by atoms with Gasteiger partial charge in [0.1, 0.15) is 16.8 Å². The van der Waals surface area contributed by atoms with Crippen LogP contribution in [0.2, 0.25) is 0 Å². The highest BCUT2D eigenvalue weighted by Gasteiger charge is 2.24. The van der Waals surface area contributed by atoms with E-state index in [1.165, 1.54) is 22.2 Å². The van der Waals surface area contributed by atoms with Crippen LogP contribution in [-0.2, 0) is 17.6 Å². The maximum absolute atomic E-state index is 12.8. The summed E-state index contributed by atoms with van der Waals surface area (Å²) >= 11 is 2.89. The number of rotatable bonds is 9. The van der Waals surface area contributed by atoms with E-state index >= 15 is 0 Å². The molecule has 2 heterocycles. The molecule has 36 heavy (non-hydrogen) atoms. The first-order chi connectivity index (χ1) is 17.3. The van der Waals surface area contributed by atoms with Crippen molar-refractivity contribution in [2.45, 2.75) is 83.5 Å². The van der Waals surface area contributed by atoms with Crippen LogP contribution in [0, 0.1) is 11.3 Å². The summed E-state index contributed by atoms with van der Waals surface area (Å²) in [5.74, 6) is 2.01. The van der Waals surface area contributed by atoms with Crippen molar-refractivity contribution in [3.63, 3.8) is 0 Å². The van der Waals surface area contributed by atoms with Crippen molar-refractivity contribution in [1.82, 2.24) is 14.8 Å². The number of ether oxygens (including phenoxy) is 1. The van der Waals surface area contributed by atoms with Gasteiger partial charge >= 0.3 is 0 Å². The highest BCUT2D eigenvalue weighted by Crippen LogP contribution is 2.38. The second kappa shape index (κ2) is 11.5. The molecule has 0 spiro atoms. The summed E-state index contributed by atoms with van der Waals surface area (Å²) in [6.07, 6.45) is 3.84. The molecule has 4 rings (SSSR count). The second-order valence-electron chi connectivity index (χ2n) is 9.65. The minimum absolute atomic E-state index is 0.101. The molecule has 2 aromatic heterocycles. The molecule has 1 aromatic carbocycles. The molecule has 1 N–H and O–H groups in total. The lowest BCUT2D eigenvalue weighted by Crippen LogP contribution is -2.16. The van der Waals surface area contributed by atoms with Gasteiger partial charge in [-0.2, -0.15) is 5.26 Å². The van der Waals surface area contributed by atoms with Gasteiger partial charge in [-0.3, -0.25) is 4.79 Å². The number of nitriles is 1. The molecule has 1 atom stereocenters. The van der Waals surface area contributed by atoms with Crippen LogP contribution >= 0.6 is 23.1 Å². The Labute approximate surface area is 221 Å². The first kappa shape index (κ1) is 26.2. The van der Waals surface area contributed by atoms with Crippen LogP contribution in [0.3, 0.4) is 0 Å². The Morgan fingerprint density at radius 3 is 2.56 bits per heavy atom. The Morgan fingerprint density at radius 1 is 1.17 bits per heavy atom. The molecule has 0 fully saturated rings. The van der Waals surface area contributed by atoms with E-state index in [0.29, 0.717) is 21.6 Å². The lowest BCUT2D eigenvalue weighted by atomic mass is 9.96. The summed E-state index contributed by atoms with van der Waals surface area (Å²) in [5, 5.41) is 22.7. The van der Waals surface area contributed by atoms with Gasteiger partial charge in [0, 0.05) is 10.9 Å². The van der Waals surface area contributed by atoms with Gasteiger partial charge in [-0.25, -0.2) is 0 Å². The maximum atomic E-state index is 12.8. The minimum atomic E-state index is -0.302. The highest BCUT2D eigenvalue weighted by molar-refractivity contribution is 7.99. The average molecular weight is 524 g/mol. The SMILES string of the molecule is CC(C)c1ccc(OC(C)c2nnc(SCC(=O)Nc3sc4c(c3C#N)CCCC4)n2C(C)C)cc1. The van der Waals surface area contributed by atoms with E-state index in [1.807, 2.05) is 23.6 Å². The fraction of sp³-hybridized carbons (Fsp3) is 0.481. The van der Waals surface area contributed by atoms with Crippen LogP contribution in [0.5, 0.6) is 5.75 Å². The molecule has 1 aliphatic carbocycles. The molecular formula is C27H33N5O2S2. The van der Waals surface area contributed by atoms with Gasteiger partial charge in [-0.1, -0.05) is 37.7 Å². The van der Waals surface area contributed by atoms with Crippen LogP contribution < -0.4 is 10.1 Å². The van der Waals surface area contributed by atoms with Crippen LogP contribution in [0.25, 0.3) is 0 Å². The Morgan fingerprint density at radius 2 is 1.89 bits per heavy atom. The number of fused-ring (bicyclic) bond motifs is 1. The van der Waals surface area contributed by atoms with Crippen molar-refractivity contribution in [2.75, 3.05) is 11.1 Å². The third-order valence-electron chi connectivity index (χ3n) is 6.30. The van der Waals surface area contributed by atoms with Gasteiger partial charge in [-0.05, 0) is 75.6 Å². The van der Waals surface area contributed by atoms with Crippen molar-refractivity contribution in [3.05, 3.63) is 51.7 Å². The van der Waals surface area contributed by atoms with E-state index in [1.54, 1.807) is 11.3 Å². The van der Waals surface area contributed by atoms with Crippen molar-refractivity contribution < 1.29 is 9.53 Å². The number of carbonyl (C=O) groups excluding carboxylic acids is 1. The number of nitrogens with zero attached hydrogens (tertiary/aromatic N) is 4. The van der Waals surface area contributed by atoms with E-state index in [2.05, 4.69) is 61.4 Å². The van der Waals surface area contributed by atoms with Gasteiger partial charge in [0.15, 0.2) is 17.1 Å². The standard InChI is InChI=1S/C27H33N5O2S2/c1-16(2)19-10-12-20(13-11-19)34-18(5)25-30-31-27(32(25)17(3)4)35-15-24(33)29-26-22(14-28)21-8-6-7-9-23(21)36-26/h10-13,16-18H,6-9,15H2,1-5H3,(H,29,33). The first-order valence-electron chi connectivity index (χ1n) is 12.5. The molecule has 0 saturated carbocycles. The molecule has 1 unspecified atom stereocenters. The monoisotopic (exact) mass is 523 g/mol. The fourth-order valence-corrected chi connectivity index (χ4v) is 6.53. The van der Waals surface area contributed by atoms with Crippen LogP contribution in [0.4, 0.5) is 5.00 Å². The van der Waals surface area contributed by atoms with Crippen molar-refractivity contribution in [3.8, 4) is 11.8 Å². The molecule has 1 amide bonds. The topological polar surface area (TPSA) is 92.8 Å². The number of hydrogen-bond donors (Lipinski definition) is 1. The van der Waals surface area contributed by atoms with Crippen LogP contribution in [0.15, 0.2) is 29.4 Å². The van der Waals surface area contributed by atoms with E-state index in [4.69, 9.17) is 4.74 Å². The summed E-state index contributed by atoms with van der Waals surface area (Å²) in [7, 11) is 0. The van der Waals surface area contributed by atoms with E-state index in [9.17, 15) is 10.1 Å². The molecule has 1 aliphatic rings. The normalized spacial score (nSPS) is 13.9. The number of thioether (sulfide) groups is 1. The number of hydrogen-bond acceptors (Lipinski definition) is 7. The zero-order chi connectivity index (χ0) is 25.8. The number of benzene rings is 1. The molecule has 7 nitrogen and oxygen atoms in total. The van der Waals surface area contributed by atoms with Gasteiger partial charge in [-0.15, -0.1) is 21.5 Å². The molecule has 0 radical (unpaired) electrons. The number of aromatic nitrogens is 3. The summed E-state index contributed by atoms with van der Waals surface area (Å²) in [6.45, 7) is 10.4. The van der Waals surface area contributed by atoms with Crippen molar-refractivity contribution >= 4 is 34.0 Å². The summed E-state index contributed by atoms with van der Waals surface area (Å²) in [6, 6.07) is 10.5. The molecule has 190 valence electrons. The zero-order valence-electron chi connectivity index (χ0n) is 21.5. The number of aryl methyl sites for hydroxylation is 1. The Bertz CT molecular complexity index is 1250. The number of anilines is 1. The largest absolute Gasteiger partial charge is 0.483 e. The highest BCUT2D eigenvalue weighted by atomic mass is 32.2. The summed E-state index contributed by atoms with van der Waals surface area (Å²) in [4.78, 5) is 14.0. The third kappa shape index (κ3) is 5.76. The lowest BCUT2D eigenvalue weighted by molar-refractivity contribution is -0.113.